The first kappa shape index (κ1) is 22.6. The summed E-state index contributed by atoms with van der Waals surface area (Å²) in [5.41, 5.74) is 8.56. The van der Waals surface area contributed by atoms with Crippen LogP contribution in [-0.4, -0.2) is 19.6 Å². The third kappa shape index (κ3) is 4.80. The number of nitrogens with zero attached hydrogens (tertiary/aromatic N) is 4. The predicted molar refractivity (Wildman–Crippen MR) is 148 cm³/mol. The third-order valence-electron chi connectivity index (χ3n) is 6.30. The van der Waals surface area contributed by atoms with Gasteiger partial charge in [0.25, 0.3) is 0 Å². The molecule has 2 aromatic heterocycles. The fraction of sp³-hybridized carbons (Fsp3) is 0.0625. The maximum absolute atomic E-state index is 6.21. The number of hydrogen-bond acceptors (Lipinski definition) is 3. The molecule has 0 aliphatic carbocycles. The molecule has 0 fully saturated rings. The zero-order valence-corrected chi connectivity index (χ0v) is 20.7. The number of rotatable bonds is 6. The van der Waals surface area contributed by atoms with Crippen LogP contribution in [0.4, 0.5) is 0 Å². The van der Waals surface area contributed by atoms with Gasteiger partial charge >= 0.3 is 0 Å². The minimum atomic E-state index is 0.743. The van der Waals surface area contributed by atoms with Gasteiger partial charge in [-0.2, -0.15) is 10.2 Å². The summed E-state index contributed by atoms with van der Waals surface area (Å²) in [5, 5.41) is 9.19. The van der Waals surface area contributed by atoms with Crippen molar-refractivity contribution in [3.8, 4) is 45.1 Å². The Morgan fingerprint density at radius 1 is 0.595 bits per heavy atom. The summed E-state index contributed by atoms with van der Waals surface area (Å²) in [4.78, 5) is 0. The van der Waals surface area contributed by atoms with Crippen LogP contribution < -0.4 is 4.74 Å². The molecule has 37 heavy (non-hydrogen) atoms. The monoisotopic (exact) mass is 482 g/mol. The average Bonchev–Trinajstić information content (AvgIpc) is 3.56. The molecule has 180 valence electrons. The molecule has 0 spiro atoms. The predicted octanol–water partition coefficient (Wildman–Crippen LogP) is 7.80. The van der Waals surface area contributed by atoms with Gasteiger partial charge in [-0.15, -0.1) is 0 Å². The molecule has 0 radical (unpaired) electrons. The molecule has 0 aliphatic heterocycles. The highest BCUT2D eigenvalue weighted by Gasteiger charge is 2.08. The number of hydrogen-bond donors (Lipinski definition) is 0. The smallest absolute Gasteiger partial charge is 0.129 e. The maximum atomic E-state index is 6.21. The molecule has 0 atom stereocenters. The molecule has 2 heterocycles. The summed E-state index contributed by atoms with van der Waals surface area (Å²) in [5.74, 6) is 1.49. The standard InChI is InChI=1S/C32H26N4O/c1-23-18-24(2)36(34-23)30-11-7-13-32(20-30)37-31-12-6-10-29(19-31)35-22-28(21-33-35)27-16-14-26(15-17-27)25-8-4-3-5-9-25/h3-22H,1-2H3. The van der Waals surface area contributed by atoms with Gasteiger partial charge in [-0.05, 0) is 60.9 Å². The van der Waals surface area contributed by atoms with Crippen molar-refractivity contribution in [2.45, 2.75) is 13.8 Å². The minimum Gasteiger partial charge on any atom is -0.457 e. The van der Waals surface area contributed by atoms with Crippen LogP contribution in [0.15, 0.2) is 122 Å². The second kappa shape index (κ2) is 9.63. The van der Waals surface area contributed by atoms with Crippen molar-refractivity contribution in [3.05, 3.63) is 133 Å². The average molecular weight is 483 g/mol. The Kier molecular flexibility index (Phi) is 5.87. The van der Waals surface area contributed by atoms with Gasteiger partial charge in [-0.1, -0.05) is 66.7 Å². The van der Waals surface area contributed by atoms with E-state index in [-0.39, 0.29) is 0 Å². The van der Waals surface area contributed by atoms with E-state index in [0.29, 0.717) is 0 Å². The Morgan fingerprint density at radius 2 is 1.22 bits per heavy atom. The van der Waals surface area contributed by atoms with Crippen LogP contribution in [0.5, 0.6) is 11.5 Å². The molecule has 0 unspecified atom stereocenters. The lowest BCUT2D eigenvalue weighted by molar-refractivity contribution is 0.481. The lowest BCUT2D eigenvalue weighted by Gasteiger charge is -2.10. The first-order valence-electron chi connectivity index (χ1n) is 12.2. The van der Waals surface area contributed by atoms with E-state index in [1.165, 1.54) is 11.1 Å². The van der Waals surface area contributed by atoms with E-state index in [1.807, 2.05) is 90.2 Å². The molecule has 5 nitrogen and oxygen atoms in total. The van der Waals surface area contributed by atoms with Crippen LogP contribution in [0, 0.1) is 13.8 Å². The number of benzene rings is 4. The topological polar surface area (TPSA) is 44.9 Å². The van der Waals surface area contributed by atoms with Gasteiger partial charge < -0.3 is 4.74 Å². The van der Waals surface area contributed by atoms with Crippen molar-refractivity contribution >= 4 is 0 Å². The molecule has 0 bridgehead atoms. The van der Waals surface area contributed by atoms with Crippen molar-refractivity contribution in [1.29, 1.82) is 0 Å². The summed E-state index contributed by atoms with van der Waals surface area (Å²) in [7, 11) is 0. The number of aryl methyl sites for hydroxylation is 2. The van der Waals surface area contributed by atoms with Gasteiger partial charge in [0.05, 0.1) is 23.3 Å². The molecule has 0 saturated carbocycles. The molecule has 6 rings (SSSR count). The molecule has 0 saturated heterocycles. The summed E-state index contributed by atoms with van der Waals surface area (Å²) in [6.07, 6.45) is 3.93. The van der Waals surface area contributed by atoms with Crippen molar-refractivity contribution in [2.24, 2.45) is 0 Å². The lowest BCUT2D eigenvalue weighted by atomic mass is 10.0. The zero-order chi connectivity index (χ0) is 25.2. The van der Waals surface area contributed by atoms with Crippen LogP contribution in [-0.2, 0) is 0 Å². The molecule has 6 aromatic rings. The van der Waals surface area contributed by atoms with Crippen LogP contribution >= 0.6 is 0 Å². The van der Waals surface area contributed by atoms with Crippen molar-refractivity contribution in [3.63, 3.8) is 0 Å². The third-order valence-corrected chi connectivity index (χ3v) is 6.30. The normalized spacial score (nSPS) is 11.0. The van der Waals surface area contributed by atoms with Crippen LogP contribution in [0.2, 0.25) is 0 Å². The van der Waals surface area contributed by atoms with Gasteiger partial charge in [0.15, 0.2) is 0 Å². The fourth-order valence-corrected chi connectivity index (χ4v) is 4.49. The van der Waals surface area contributed by atoms with Gasteiger partial charge in [0.2, 0.25) is 0 Å². The first-order valence-corrected chi connectivity index (χ1v) is 12.2. The van der Waals surface area contributed by atoms with Gasteiger partial charge in [-0.3, -0.25) is 0 Å². The van der Waals surface area contributed by atoms with E-state index in [0.717, 1.165) is 45.4 Å². The van der Waals surface area contributed by atoms with Gasteiger partial charge in [-0.25, -0.2) is 9.36 Å². The number of ether oxygens (including phenoxy) is 1. The maximum Gasteiger partial charge on any atom is 0.129 e. The Balaban J connectivity index is 1.21. The van der Waals surface area contributed by atoms with E-state index in [9.17, 15) is 0 Å². The quantitative estimate of drug-likeness (QED) is 0.243. The first-order chi connectivity index (χ1) is 18.1. The molecule has 0 aliphatic rings. The highest BCUT2D eigenvalue weighted by Crippen LogP contribution is 2.28. The Morgan fingerprint density at radius 3 is 1.89 bits per heavy atom. The van der Waals surface area contributed by atoms with Crippen molar-refractivity contribution < 1.29 is 4.74 Å². The van der Waals surface area contributed by atoms with E-state index < -0.39 is 0 Å². The SMILES string of the molecule is Cc1cc(C)n(-c2cccc(Oc3cccc(-n4cc(-c5ccc(-c6ccccc6)cc5)cn4)c3)c2)n1. The molecule has 4 aromatic carbocycles. The molecule has 0 N–H and O–H groups in total. The molecule has 5 heteroatoms. The van der Waals surface area contributed by atoms with Crippen LogP contribution in [0.3, 0.4) is 0 Å². The van der Waals surface area contributed by atoms with Crippen LogP contribution in [0.1, 0.15) is 11.4 Å². The second-order valence-corrected chi connectivity index (χ2v) is 9.05. The van der Waals surface area contributed by atoms with Crippen molar-refractivity contribution in [1.82, 2.24) is 19.6 Å². The molecular weight excluding hydrogens is 456 g/mol. The minimum absolute atomic E-state index is 0.743. The van der Waals surface area contributed by atoms with Crippen LogP contribution in [0.25, 0.3) is 33.6 Å². The largest absolute Gasteiger partial charge is 0.457 e. The van der Waals surface area contributed by atoms with E-state index in [1.54, 1.807) is 0 Å². The lowest BCUT2D eigenvalue weighted by Crippen LogP contribution is -1.99. The highest BCUT2D eigenvalue weighted by atomic mass is 16.5. The summed E-state index contributed by atoms with van der Waals surface area (Å²) < 4.78 is 10.0. The zero-order valence-electron chi connectivity index (χ0n) is 20.7. The Bertz CT molecular complexity index is 1660. The summed E-state index contributed by atoms with van der Waals surface area (Å²) in [6.45, 7) is 4.04. The highest BCUT2D eigenvalue weighted by molar-refractivity contribution is 5.70. The van der Waals surface area contributed by atoms with E-state index in [2.05, 4.69) is 64.8 Å². The van der Waals surface area contributed by atoms with E-state index in [4.69, 9.17) is 4.74 Å². The fourth-order valence-electron chi connectivity index (χ4n) is 4.49. The summed E-state index contributed by atoms with van der Waals surface area (Å²) >= 11 is 0. The Hall–Kier alpha value is -4.90. The van der Waals surface area contributed by atoms with Gasteiger partial charge in [0.1, 0.15) is 11.5 Å². The van der Waals surface area contributed by atoms with Crippen molar-refractivity contribution in [2.75, 3.05) is 0 Å². The number of aromatic nitrogens is 4. The van der Waals surface area contributed by atoms with E-state index >= 15 is 0 Å². The van der Waals surface area contributed by atoms with Gasteiger partial charge in [0, 0.05) is 29.6 Å². The molecule has 0 amide bonds. The Labute approximate surface area is 216 Å². The summed E-state index contributed by atoms with van der Waals surface area (Å²) in [6, 6.07) is 36.9. The second-order valence-electron chi connectivity index (χ2n) is 9.05. The molecular formula is C32H26N4O.